The average Bonchev–Trinajstić information content (AvgIpc) is 2.35. The molecular weight excluding hydrogens is 222 g/mol. The smallest absolute Gasteiger partial charge is 0.144 e. The predicted molar refractivity (Wildman–Crippen MR) is 71.1 cm³/mol. The monoisotopic (exact) mass is 237 g/mol. The molecule has 0 N–H and O–H groups in total. The predicted octanol–water partition coefficient (Wildman–Crippen LogP) is 3.25. The molecule has 3 nitrogen and oxygen atoms in total. The number of benzene rings is 1. The molecule has 1 heterocycles. The molecule has 0 saturated heterocycles. The molecule has 0 amide bonds. The van der Waals surface area contributed by atoms with Crippen LogP contribution >= 0.6 is 0 Å². The Morgan fingerprint density at radius 3 is 2.39 bits per heavy atom. The van der Waals surface area contributed by atoms with Crippen molar-refractivity contribution in [3.63, 3.8) is 0 Å². The molecular formula is C15H15N3. The number of hydrogen-bond donors (Lipinski definition) is 0. The van der Waals surface area contributed by atoms with Gasteiger partial charge < -0.3 is 0 Å². The zero-order valence-electron chi connectivity index (χ0n) is 11.1. The van der Waals surface area contributed by atoms with Crippen molar-refractivity contribution < 1.29 is 0 Å². The second-order valence-electron chi connectivity index (χ2n) is 4.48. The van der Waals surface area contributed by atoms with Crippen LogP contribution in [-0.2, 0) is 0 Å². The highest BCUT2D eigenvalue weighted by Crippen LogP contribution is 2.26. The van der Waals surface area contributed by atoms with E-state index in [-0.39, 0.29) is 0 Å². The summed E-state index contributed by atoms with van der Waals surface area (Å²) in [5.74, 6) is 0.627. The molecule has 2 aromatic rings. The Bertz CT molecular complexity index is 652. The topological polar surface area (TPSA) is 49.6 Å². The summed E-state index contributed by atoms with van der Waals surface area (Å²) >= 11 is 0. The molecule has 0 aliphatic heterocycles. The highest BCUT2D eigenvalue weighted by Gasteiger charge is 2.09. The van der Waals surface area contributed by atoms with E-state index in [0.717, 1.165) is 11.3 Å². The first kappa shape index (κ1) is 12.3. The molecule has 0 fully saturated rings. The lowest BCUT2D eigenvalue weighted by molar-refractivity contribution is 1.04. The third kappa shape index (κ3) is 2.10. The summed E-state index contributed by atoms with van der Waals surface area (Å²) in [5.41, 5.74) is 6.04. The fourth-order valence-electron chi connectivity index (χ4n) is 2.00. The van der Waals surface area contributed by atoms with E-state index in [2.05, 4.69) is 48.9 Å². The van der Waals surface area contributed by atoms with E-state index in [4.69, 9.17) is 5.26 Å². The third-order valence-electron chi connectivity index (χ3n) is 3.29. The molecule has 2 rings (SSSR count). The van der Waals surface area contributed by atoms with E-state index in [1.807, 2.05) is 0 Å². The first-order valence-corrected chi connectivity index (χ1v) is 5.86. The largest absolute Gasteiger partial charge is 0.233 e. The summed E-state index contributed by atoms with van der Waals surface area (Å²) in [6.07, 6.45) is 0. The van der Waals surface area contributed by atoms with E-state index in [0.29, 0.717) is 11.5 Å². The molecule has 90 valence electrons. The summed E-state index contributed by atoms with van der Waals surface area (Å²) in [5, 5.41) is 8.96. The zero-order chi connectivity index (χ0) is 13.3. The van der Waals surface area contributed by atoms with Gasteiger partial charge in [-0.3, -0.25) is 0 Å². The summed E-state index contributed by atoms with van der Waals surface area (Å²) in [7, 11) is 0. The van der Waals surface area contributed by atoms with Gasteiger partial charge in [0.25, 0.3) is 0 Å². The fourth-order valence-corrected chi connectivity index (χ4v) is 2.00. The molecule has 1 aromatic carbocycles. The molecule has 0 bridgehead atoms. The number of aryl methyl sites for hydroxylation is 2. The van der Waals surface area contributed by atoms with Crippen LogP contribution in [0.15, 0.2) is 18.2 Å². The first-order chi connectivity index (χ1) is 8.52. The van der Waals surface area contributed by atoms with Gasteiger partial charge in [-0.1, -0.05) is 12.1 Å². The summed E-state index contributed by atoms with van der Waals surface area (Å²) < 4.78 is 0. The van der Waals surface area contributed by atoms with Gasteiger partial charge in [0.05, 0.1) is 5.69 Å². The maximum Gasteiger partial charge on any atom is 0.144 e. The van der Waals surface area contributed by atoms with E-state index >= 15 is 0 Å². The molecule has 0 aliphatic carbocycles. The number of rotatable bonds is 1. The second-order valence-corrected chi connectivity index (χ2v) is 4.48. The van der Waals surface area contributed by atoms with Crippen molar-refractivity contribution in [2.75, 3.05) is 0 Å². The van der Waals surface area contributed by atoms with Crippen LogP contribution in [0.4, 0.5) is 0 Å². The lowest BCUT2D eigenvalue weighted by Gasteiger charge is -2.11. The highest BCUT2D eigenvalue weighted by atomic mass is 14.9. The van der Waals surface area contributed by atoms with Crippen molar-refractivity contribution in [3.8, 4) is 17.3 Å². The Kier molecular flexibility index (Phi) is 3.12. The van der Waals surface area contributed by atoms with Crippen LogP contribution in [0.3, 0.4) is 0 Å². The molecule has 0 atom stereocenters. The van der Waals surface area contributed by atoms with Crippen LogP contribution in [0.1, 0.15) is 28.2 Å². The Labute approximate surface area is 107 Å². The van der Waals surface area contributed by atoms with Crippen molar-refractivity contribution >= 4 is 0 Å². The summed E-state index contributed by atoms with van der Waals surface area (Å²) in [6, 6.07) is 7.95. The fraction of sp³-hybridized carbons (Fsp3) is 0.267. The van der Waals surface area contributed by atoms with Crippen LogP contribution in [0.2, 0.25) is 0 Å². The van der Waals surface area contributed by atoms with Crippen molar-refractivity contribution in [2.24, 2.45) is 0 Å². The van der Waals surface area contributed by atoms with Gasteiger partial charge in [0.15, 0.2) is 0 Å². The minimum Gasteiger partial charge on any atom is -0.233 e. The van der Waals surface area contributed by atoms with Gasteiger partial charge in [0.2, 0.25) is 0 Å². The van der Waals surface area contributed by atoms with Gasteiger partial charge in [0.1, 0.15) is 17.6 Å². The maximum atomic E-state index is 8.96. The van der Waals surface area contributed by atoms with Crippen molar-refractivity contribution in [1.82, 2.24) is 9.97 Å². The van der Waals surface area contributed by atoms with Gasteiger partial charge in [-0.15, -0.1) is 0 Å². The van der Waals surface area contributed by atoms with Gasteiger partial charge >= 0.3 is 0 Å². The average molecular weight is 237 g/mol. The van der Waals surface area contributed by atoms with Crippen molar-refractivity contribution in [3.05, 3.63) is 46.4 Å². The maximum absolute atomic E-state index is 8.96. The number of nitriles is 1. The highest BCUT2D eigenvalue weighted by molar-refractivity contribution is 5.66. The molecule has 0 saturated carbocycles. The molecule has 0 aliphatic rings. The Morgan fingerprint density at radius 2 is 1.72 bits per heavy atom. The lowest BCUT2D eigenvalue weighted by atomic mass is 9.96. The van der Waals surface area contributed by atoms with E-state index in [9.17, 15) is 0 Å². The van der Waals surface area contributed by atoms with E-state index < -0.39 is 0 Å². The number of aromatic nitrogens is 2. The quantitative estimate of drug-likeness (QED) is 0.765. The minimum absolute atomic E-state index is 0.412. The zero-order valence-corrected chi connectivity index (χ0v) is 11.1. The van der Waals surface area contributed by atoms with Crippen molar-refractivity contribution in [2.45, 2.75) is 27.7 Å². The number of nitrogens with zero attached hydrogens (tertiary/aromatic N) is 3. The second kappa shape index (κ2) is 4.58. The lowest BCUT2D eigenvalue weighted by Crippen LogP contribution is -1.97. The minimum atomic E-state index is 0.412. The van der Waals surface area contributed by atoms with E-state index in [1.54, 1.807) is 13.0 Å². The van der Waals surface area contributed by atoms with Crippen molar-refractivity contribution in [1.29, 1.82) is 5.26 Å². The van der Waals surface area contributed by atoms with Crippen LogP contribution in [0.25, 0.3) is 11.3 Å². The van der Waals surface area contributed by atoms with Crippen LogP contribution in [-0.4, -0.2) is 9.97 Å². The molecule has 0 spiro atoms. The van der Waals surface area contributed by atoms with E-state index in [1.165, 1.54) is 16.7 Å². The number of hydrogen-bond acceptors (Lipinski definition) is 3. The van der Waals surface area contributed by atoms with Gasteiger partial charge in [0, 0.05) is 11.6 Å². The molecule has 0 radical (unpaired) electrons. The Morgan fingerprint density at radius 1 is 1.00 bits per heavy atom. The van der Waals surface area contributed by atoms with Gasteiger partial charge in [-0.05, 0) is 44.4 Å². The Hall–Kier alpha value is -2.21. The molecule has 1 aromatic heterocycles. The first-order valence-electron chi connectivity index (χ1n) is 5.86. The van der Waals surface area contributed by atoms with Gasteiger partial charge in [-0.2, -0.15) is 5.26 Å². The summed E-state index contributed by atoms with van der Waals surface area (Å²) in [6.45, 7) is 8.09. The Balaban J connectivity index is 2.67. The SMILES string of the molecule is Cc1nc(C#N)cc(-c2ccc(C)c(C)c2C)n1. The van der Waals surface area contributed by atoms with Crippen LogP contribution in [0, 0.1) is 39.0 Å². The molecule has 18 heavy (non-hydrogen) atoms. The van der Waals surface area contributed by atoms with Crippen LogP contribution < -0.4 is 0 Å². The molecule has 3 heteroatoms. The summed E-state index contributed by atoms with van der Waals surface area (Å²) in [4.78, 5) is 8.50. The standard InChI is InChI=1S/C15H15N3/c1-9-5-6-14(11(3)10(9)2)15-7-13(8-16)17-12(4)18-15/h5-7H,1-4H3. The normalized spacial score (nSPS) is 10.2. The van der Waals surface area contributed by atoms with Crippen LogP contribution in [0.5, 0.6) is 0 Å². The third-order valence-corrected chi connectivity index (χ3v) is 3.29. The van der Waals surface area contributed by atoms with Gasteiger partial charge in [-0.25, -0.2) is 9.97 Å². The molecule has 0 unspecified atom stereocenters.